The maximum absolute atomic E-state index is 4.46. The van der Waals surface area contributed by atoms with Gasteiger partial charge in [-0.2, -0.15) is 0 Å². The van der Waals surface area contributed by atoms with E-state index in [2.05, 4.69) is 64.9 Å². The third kappa shape index (κ3) is 2.43. The summed E-state index contributed by atoms with van der Waals surface area (Å²) in [6.45, 7) is 7.32. The van der Waals surface area contributed by atoms with Crippen molar-refractivity contribution in [2.45, 2.75) is 33.0 Å². The van der Waals surface area contributed by atoms with Crippen molar-refractivity contribution in [3.05, 3.63) is 47.5 Å². The smallest absolute Gasteiger partial charge is 0.0925 e. The van der Waals surface area contributed by atoms with E-state index in [9.17, 15) is 0 Å². The normalized spacial score (nSPS) is 19.8. The molecular weight excluding hydrogens is 248 g/mol. The molecule has 1 aromatic carbocycles. The fraction of sp³-hybridized carbons (Fsp3) is 0.438. The molecule has 1 aliphatic rings. The van der Waals surface area contributed by atoms with E-state index in [-0.39, 0.29) is 0 Å². The van der Waals surface area contributed by atoms with Gasteiger partial charge < -0.3 is 14.8 Å². The Hall–Kier alpha value is -1.81. The number of hydrogen-bond donors (Lipinski definition) is 1. The van der Waals surface area contributed by atoms with Crippen LogP contribution in [0.3, 0.4) is 0 Å². The minimum atomic E-state index is 0.472. The van der Waals surface area contributed by atoms with E-state index in [1.807, 2.05) is 0 Å². The summed E-state index contributed by atoms with van der Waals surface area (Å²) in [5.41, 5.74) is 5.03. The van der Waals surface area contributed by atoms with Gasteiger partial charge >= 0.3 is 0 Å². The van der Waals surface area contributed by atoms with Crippen LogP contribution in [0.1, 0.15) is 23.9 Å². The van der Waals surface area contributed by atoms with Crippen LogP contribution in [-0.2, 0) is 13.1 Å². The van der Waals surface area contributed by atoms with Crippen LogP contribution in [0.15, 0.2) is 30.6 Å². The van der Waals surface area contributed by atoms with Crippen molar-refractivity contribution in [1.82, 2.24) is 14.9 Å². The van der Waals surface area contributed by atoms with Crippen LogP contribution in [-0.4, -0.2) is 34.5 Å². The number of aromatic nitrogens is 2. The molecule has 0 saturated heterocycles. The minimum absolute atomic E-state index is 0.472. The van der Waals surface area contributed by atoms with Crippen molar-refractivity contribution in [3.63, 3.8) is 0 Å². The van der Waals surface area contributed by atoms with Gasteiger partial charge in [0.1, 0.15) is 0 Å². The average molecular weight is 270 g/mol. The average Bonchev–Trinajstić information content (AvgIpc) is 2.76. The van der Waals surface area contributed by atoms with E-state index in [0.717, 1.165) is 31.0 Å². The summed E-state index contributed by atoms with van der Waals surface area (Å²) in [6.07, 6.45) is 1.78. The number of benzene rings is 1. The number of fused-ring (bicyclic) bond motifs is 1. The van der Waals surface area contributed by atoms with Gasteiger partial charge in [0.25, 0.3) is 0 Å². The number of hydrogen-bond acceptors (Lipinski definition) is 3. The number of rotatable bonds is 2. The number of aryl methyl sites for hydroxylation is 1. The molecule has 1 N–H and O–H groups in total. The largest absolute Gasteiger partial charge is 0.361 e. The first-order valence-electron chi connectivity index (χ1n) is 7.17. The van der Waals surface area contributed by atoms with Crippen LogP contribution in [0.4, 0.5) is 5.69 Å². The molecule has 0 aliphatic carbocycles. The Bertz CT molecular complexity index is 590. The van der Waals surface area contributed by atoms with E-state index in [4.69, 9.17) is 0 Å². The maximum Gasteiger partial charge on any atom is 0.0925 e. The number of para-hydroxylation sites is 1. The molecule has 1 unspecified atom stereocenters. The Labute approximate surface area is 120 Å². The first-order valence-corrected chi connectivity index (χ1v) is 7.17. The molecule has 1 aliphatic heterocycles. The Morgan fingerprint density at radius 3 is 2.90 bits per heavy atom. The van der Waals surface area contributed by atoms with Crippen molar-refractivity contribution in [2.75, 3.05) is 18.5 Å². The second-order valence-electron chi connectivity index (χ2n) is 5.78. The van der Waals surface area contributed by atoms with Gasteiger partial charge in [-0.15, -0.1) is 0 Å². The van der Waals surface area contributed by atoms with Gasteiger partial charge in [0.2, 0.25) is 0 Å². The first-order chi connectivity index (χ1) is 9.65. The molecule has 3 rings (SSSR count). The first kappa shape index (κ1) is 13.2. The van der Waals surface area contributed by atoms with Gasteiger partial charge in [0.05, 0.1) is 18.6 Å². The Morgan fingerprint density at radius 1 is 1.35 bits per heavy atom. The lowest BCUT2D eigenvalue weighted by Gasteiger charge is -2.30. The van der Waals surface area contributed by atoms with Crippen molar-refractivity contribution in [2.24, 2.45) is 0 Å². The van der Waals surface area contributed by atoms with Crippen molar-refractivity contribution in [3.8, 4) is 0 Å². The number of anilines is 1. The predicted octanol–water partition coefficient (Wildman–Crippen LogP) is 2.56. The molecule has 0 radical (unpaired) electrons. The second kappa shape index (κ2) is 5.29. The molecule has 0 saturated carbocycles. The summed E-state index contributed by atoms with van der Waals surface area (Å²) in [7, 11) is 2.19. The van der Waals surface area contributed by atoms with E-state index in [0.29, 0.717) is 6.04 Å². The van der Waals surface area contributed by atoms with E-state index < -0.39 is 0 Å². The molecular formula is C16H22N4. The number of nitrogens with one attached hydrogen (secondary N) is 1. The van der Waals surface area contributed by atoms with Crippen molar-refractivity contribution in [1.29, 1.82) is 0 Å². The molecule has 1 atom stereocenters. The molecule has 4 nitrogen and oxygen atoms in total. The number of imidazole rings is 1. The number of likely N-dealkylation sites (N-methyl/N-ethyl adjacent to an activating group) is 1. The highest BCUT2D eigenvalue weighted by Gasteiger charge is 2.24. The number of aromatic amines is 1. The molecule has 0 amide bonds. The Morgan fingerprint density at radius 2 is 2.15 bits per heavy atom. The van der Waals surface area contributed by atoms with Gasteiger partial charge in [-0.1, -0.05) is 18.2 Å². The van der Waals surface area contributed by atoms with Crippen molar-refractivity contribution >= 4 is 5.69 Å². The van der Waals surface area contributed by atoms with Gasteiger partial charge in [-0.25, -0.2) is 4.98 Å². The highest BCUT2D eigenvalue weighted by Crippen LogP contribution is 2.28. The van der Waals surface area contributed by atoms with Crippen LogP contribution < -0.4 is 4.90 Å². The van der Waals surface area contributed by atoms with Crippen LogP contribution in [0.25, 0.3) is 0 Å². The number of nitrogens with zero attached hydrogens (tertiary/aromatic N) is 3. The Balaban J connectivity index is 1.97. The molecule has 2 heterocycles. The maximum atomic E-state index is 4.46. The van der Waals surface area contributed by atoms with E-state index in [1.54, 1.807) is 6.33 Å². The Kier molecular flexibility index (Phi) is 3.49. The molecule has 4 heteroatoms. The van der Waals surface area contributed by atoms with Gasteiger partial charge in [0, 0.05) is 30.5 Å². The van der Waals surface area contributed by atoms with Crippen LogP contribution in [0.2, 0.25) is 0 Å². The third-order valence-corrected chi connectivity index (χ3v) is 4.10. The zero-order chi connectivity index (χ0) is 14.1. The summed E-state index contributed by atoms with van der Waals surface area (Å²) in [5.74, 6) is 0. The lowest BCUT2D eigenvalue weighted by Crippen LogP contribution is -2.38. The zero-order valence-corrected chi connectivity index (χ0v) is 12.4. The van der Waals surface area contributed by atoms with E-state index in [1.165, 1.54) is 11.3 Å². The van der Waals surface area contributed by atoms with Crippen molar-refractivity contribution < 1.29 is 0 Å². The zero-order valence-electron chi connectivity index (χ0n) is 12.4. The van der Waals surface area contributed by atoms with Gasteiger partial charge in [-0.3, -0.25) is 0 Å². The topological polar surface area (TPSA) is 35.2 Å². The summed E-state index contributed by atoms with van der Waals surface area (Å²) in [6, 6.07) is 9.18. The molecule has 0 fully saturated rings. The highest BCUT2D eigenvalue weighted by atomic mass is 15.2. The SMILES string of the molecule is Cc1[nH]cnc1CN1c2ccccc2CN(C)CC1C. The monoisotopic (exact) mass is 270 g/mol. The molecule has 0 bridgehead atoms. The standard InChI is InChI=1S/C16H22N4/c1-12-8-19(3)9-14-6-4-5-7-16(14)20(12)10-15-13(2)17-11-18-15/h4-7,11-12H,8-10H2,1-3H3,(H,17,18). The molecule has 106 valence electrons. The highest BCUT2D eigenvalue weighted by molar-refractivity contribution is 5.55. The molecule has 2 aromatic rings. The lowest BCUT2D eigenvalue weighted by atomic mass is 10.1. The molecule has 0 spiro atoms. The van der Waals surface area contributed by atoms with Gasteiger partial charge in [-0.05, 0) is 32.5 Å². The van der Waals surface area contributed by atoms with Crippen LogP contribution in [0.5, 0.6) is 0 Å². The minimum Gasteiger partial charge on any atom is -0.361 e. The summed E-state index contributed by atoms with van der Waals surface area (Å²) < 4.78 is 0. The second-order valence-corrected chi connectivity index (χ2v) is 5.78. The summed E-state index contributed by atoms with van der Waals surface area (Å²) in [5, 5.41) is 0. The fourth-order valence-electron chi connectivity index (χ4n) is 3.02. The predicted molar refractivity (Wildman–Crippen MR) is 81.7 cm³/mol. The summed E-state index contributed by atoms with van der Waals surface area (Å²) >= 11 is 0. The van der Waals surface area contributed by atoms with E-state index >= 15 is 0 Å². The third-order valence-electron chi connectivity index (χ3n) is 4.10. The van der Waals surface area contributed by atoms with Crippen LogP contribution in [0, 0.1) is 6.92 Å². The number of H-pyrrole nitrogens is 1. The molecule has 20 heavy (non-hydrogen) atoms. The molecule has 1 aromatic heterocycles. The lowest BCUT2D eigenvalue weighted by molar-refractivity contribution is 0.313. The van der Waals surface area contributed by atoms with Gasteiger partial charge in [0.15, 0.2) is 0 Å². The fourth-order valence-corrected chi connectivity index (χ4v) is 3.02. The summed E-state index contributed by atoms with van der Waals surface area (Å²) in [4.78, 5) is 12.5. The quantitative estimate of drug-likeness (QED) is 0.911. The van der Waals surface area contributed by atoms with Crippen LogP contribution >= 0.6 is 0 Å².